The molecule has 0 atom stereocenters. The number of carbonyl (C=O) groups is 1. The molecule has 0 saturated carbocycles. The quantitative estimate of drug-likeness (QED) is 0.638. The van der Waals surface area contributed by atoms with Gasteiger partial charge in [0, 0.05) is 6.54 Å². The monoisotopic (exact) mass is 265 g/mol. The minimum absolute atomic E-state index is 0.0912. The lowest BCUT2D eigenvalue weighted by Crippen LogP contribution is -2.31. The molecule has 0 spiro atoms. The molecule has 0 aromatic rings. The lowest BCUT2D eigenvalue weighted by molar-refractivity contribution is -0.142. The Morgan fingerprint density at radius 1 is 1.24 bits per heavy atom. The first-order valence-electron chi connectivity index (χ1n) is 6.08. The molecule has 0 amide bonds. The smallest absolute Gasteiger partial charge is 0.306 e. The van der Waals surface area contributed by atoms with Gasteiger partial charge in [0.2, 0.25) is 10.0 Å². The molecule has 1 N–H and O–H groups in total. The third-order valence-corrected chi connectivity index (χ3v) is 3.97. The van der Waals surface area contributed by atoms with Crippen LogP contribution in [0.15, 0.2) is 0 Å². The van der Waals surface area contributed by atoms with Crippen LogP contribution in [0.1, 0.15) is 40.0 Å². The van der Waals surface area contributed by atoms with E-state index in [2.05, 4.69) is 9.46 Å². The fraction of sp³-hybridized carbons (Fsp3) is 0.909. The van der Waals surface area contributed by atoms with Crippen molar-refractivity contribution >= 4 is 16.0 Å². The van der Waals surface area contributed by atoms with E-state index in [9.17, 15) is 13.2 Å². The molecule has 0 heterocycles. The number of ether oxygens (including phenoxy) is 1. The minimum Gasteiger partial charge on any atom is -0.466 e. The van der Waals surface area contributed by atoms with E-state index in [-0.39, 0.29) is 18.8 Å². The van der Waals surface area contributed by atoms with E-state index in [4.69, 9.17) is 0 Å². The summed E-state index contributed by atoms with van der Waals surface area (Å²) in [7, 11) is -3.36. The van der Waals surface area contributed by atoms with Crippen LogP contribution in [0.4, 0.5) is 0 Å². The summed E-state index contributed by atoms with van der Waals surface area (Å²) in [6.07, 6.45) is 1.79. The maximum atomic E-state index is 11.6. The molecule has 6 heteroatoms. The van der Waals surface area contributed by atoms with Crippen molar-refractivity contribution in [3.8, 4) is 0 Å². The van der Waals surface area contributed by atoms with Crippen LogP contribution in [-0.4, -0.2) is 33.3 Å². The van der Waals surface area contributed by atoms with E-state index < -0.39 is 16.0 Å². The van der Waals surface area contributed by atoms with Gasteiger partial charge < -0.3 is 4.74 Å². The third-order valence-electron chi connectivity index (χ3n) is 2.63. The molecule has 0 aromatic carbocycles. The van der Waals surface area contributed by atoms with Crippen molar-refractivity contribution in [3.05, 3.63) is 0 Å². The van der Waals surface area contributed by atoms with Crippen LogP contribution in [0.5, 0.6) is 0 Å². The maximum Gasteiger partial charge on any atom is 0.306 e. The highest BCUT2D eigenvalue weighted by Crippen LogP contribution is 2.06. The lowest BCUT2D eigenvalue weighted by Gasteiger charge is -2.13. The first-order valence-corrected chi connectivity index (χ1v) is 7.73. The number of sulfonamides is 1. The van der Waals surface area contributed by atoms with Crippen molar-refractivity contribution in [1.29, 1.82) is 0 Å². The molecule has 0 unspecified atom stereocenters. The third kappa shape index (κ3) is 8.15. The zero-order valence-electron chi connectivity index (χ0n) is 10.9. The van der Waals surface area contributed by atoms with Gasteiger partial charge in [-0.2, -0.15) is 0 Å². The summed E-state index contributed by atoms with van der Waals surface area (Å²) >= 11 is 0. The Kier molecular flexibility index (Phi) is 8.16. The molecule has 0 fully saturated rings. The average molecular weight is 265 g/mol. The Morgan fingerprint density at radius 3 is 2.29 bits per heavy atom. The van der Waals surface area contributed by atoms with Gasteiger partial charge in [0.15, 0.2) is 0 Å². The fourth-order valence-electron chi connectivity index (χ4n) is 1.35. The molecule has 0 rings (SSSR count). The Balaban J connectivity index is 4.00. The van der Waals surface area contributed by atoms with Gasteiger partial charge >= 0.3 is 5.97 Å². The molecule has 5 nitrogen and oxygen atoms in total. The van der Waals surface area contributed by atoms with Gasteiger partial charge in [0.05, 0.1) is 18.8 Å². The summed E-state index contributed by atoms with van der Waals surface area (Å²) in [5.74, 6) is -0.320. The summed E-state index contributed by atoms with van der Waals surface area (Å²) in [6, 6.07) is 0. The highest BCUT2D eigenvalue weighted by molar-refractivity contribution is 7.89. The molecule has 0 aliphatic rings. The number of hydrogen-bond acceptors (Lipinski definition) is 4. The Morgan fingerprint density at radius 2 is 1.82 bits per heavy atom. The topological polar surface area (TPSA) is 72.5 Å². The molecule has 0 bridgehead atoms. The number of rotatable bonds is 9. The molecule has 102 valence electrons. The van der Waals surface area contributed by atoms with Gasteiger partial charge in [0.1, 0.15) is 0 Å². The van der Waals surface area contributed by atoms with E-state index in [1.807, 2.05) is 13.8 Å². The molecule has 0 radical (unpaired) electrons. The summed E-state index contributed by atoms with van der Waals surface area (Å²) in [5, 5.41) is 0. The first-order chi connectivity index (χ1) is 7.95. The molecule has 0 aliphatic carbocycles. The van der Waals surface area contributed by atoms with Crippen LogP contribution in [0.25, 0.3) is 0 Å². The minimum atomic E-state index is -3.36. The number of esters is 1. The second-order valence-corrected chi connectivity index (χ2v) is 5.83. The summed E-state index contributed by atoms with van der Waals surface area (Å²) in [4.78, 5) is 11.0. The van der Waals surface area contributed by atoms with Gasteiger partial charge in [-0.05, 0) is 12.8 Å². The Bertz CT molecular complexity index is 309. The zero-order valence-corrected chi connectivity index (χ0v) is 11.7. The lowest BCUT2D eigenvalue weighted by atomic mass is 10.0. The largest absolute Gasteiger partial charge is 0.466 e. The number of nitrogens with one attached hydrogen (secondary N) is 1. The van der Waals surface area contributed by atoms with Crippen molar-refractivity contribution in [2.24, 2.45) is 5.92 Å². The van der Waals surface area contributed by atoms with E-state index >= 15 is 0 Å². The molecular formula is C11H23NO4S. The van der Waals surface area contributed by atoms with Crippen LogP contribution < -0.4 is 4.72 Å². The van der Waals surface area contributed by atoms with E-state index in [1.165, 1.54) is 0 Å². The predicted octanol–water partition coefficient (Wildman–Crippen LogP) is 1.30. The number of carbonyl (C=O) groups excluding carboxylic acids is 1. The van der Waals surface area contributed by atoms with E-state index in [1.54, 1.807) is 6.92 Å². The van der Waals surface area contributed by atoms with Gasteiger partial charge in [-0.25, -0.2) is 13.1 Å². The average Bonchev–Trinajstić information content (AvgIpc) is 2.28. The van der Waals surface area contributed by atoms with Crippen molar-refractivity contribution in [2.75, 3.05) is 18.9 Å². The highest BCUT2D eigenvalue weighted by Gasteiger charge is 2.15. The molecule has 0 aromatic heterocycles. The molecule has 17 heavy (non-hydrogen) atoms. The van der Waals surface area contributed by atoms with Crippen LogP contribution >= 0.6 is 0 Å². The van der Waals surface area contributed by atoms with Gasteiger partial charge in [-0.3, -0.25) is 4.79 Å². The summed E-state index contributed by atoms with van der Waals surface area (Å²) in [5.41, 5.74) is 0. The van der Waals surface area contributed by atoms with Crippen molar-refractivity contribution in [2.45, 2.75) is 40.0 Å². The molecule has 0 aliphatic heterocycles. The van der Waals surface area contributed by atoms with Crippen molar-refractivity contribution in [3.63, 3.8) is 0 Å². The summed E-state index contributed by atoms with van der Waals surface area (Å²) in [6.45, 7) is 6.47. The standard InChI is InChI=1S/C11H23NO4S/c1-4-10(5-2)9-12-17(14,15)8-7-11(13)16-6-3/h10,12H,4-9H2,1-3H3. The highest BCUT2D eigenvalue weighted by atomic mass is 32.2. The maximum absolute atomic E-state index is 11.6. The van der Waals surface area contributed by atoms with Gasteiger partial charge in [0.25, 0.3) is 0 Å². The van der Waals surface area contributed by atoms with Crippen LogP contribution in [0.2, 0.25) is 0 Å². The van der Waals surface area contributed by atoms with Crippen molar-refractivity contribution in [1.82, 2.24) is 4.72 Å². The first kappa shape index (κ1) is 16.4. The Hall–Kier alpha value is -0.620. The van der Waals surface area contributed by atoms with E-state index in [0.717, 1.165) is 12.8 Å². The Labute approximate surface area is 104 Å². The van der Waals surface area contributed by atoms with Gasteiger partial charge in [-0.1, -0.05) is 26.7 Å². The fourth-order valence-corrected chi connectivity index (χ4v) is 2.41. The number of hydrogen-bond donors (Lipinski definition) is 1. The molecule has 0 saturated heterocycles. The normalized spacial score (nSPS) is 11.8. The summed E-state index contributed by atoms with van der Waals surface area (Å²) < 4.78 is 30.3. The van der Waals surface area contributed by atoms with Crippen LogP contribution in [0, 0.1) is 5.92 Å². The SMILES string of the molecule is CCOC(=O)CCS(=O)(=O)NCC(CC)CC. The van der Waals surface area contributed by atoms with E-state index in [0.29, 0.717) is 12.5 Å². The second-order valence-electron chi connectivity index (χ2n) is 3.90. The second kappa shape index (κ2) is 8.47. The van der Waals surface area contributed by atoms with Gasteiger partial charge in [-0.15, -0.1) is 0 Å². The van der Waals surface area contributed by atoms with Crippen molar-refractivity contribution < 1.29 is 17.9 Å². The zero-order chi connectivity index (χ0) is 13.3. The van der Waals surface area contributed by atoms with Crippen LogP contribution in [-0.2, 0) is 19.6 Å². The predicted molar refractivity (Wildman–Crippen MR) is 67.1 cm³/mol. The molecular weight excluding hydrogens is 242 g/mol. The van der Waals surface area contributed by atoms with Crippen LogP contribution in [0.3, 0.4) is 0 Å².